The topological polar surface area (TPSA) is 74.7 Å². The second-order valence-electron chi connectivity index (χ2n) is 7.90. The van der Waals surface area contributed by atoms with E-state index in [1.54, 1.807) is 28.4 Å². The second-order valence-corrected chi connectivity index (χ2v) is 8.31. The number of benzene rings is 3. The number of nitrogens with one attached hydrogen (secondary N) is 1. The highest BCUT2D eigenvalue weighted by atomic mass is 35.5. The van der Waals surface area contributed by atoms with Gasteiger partial charge in [-0.25, -0.2) is 9.97 Å². The van der Waals surface area contributed by atoms with Crippen molar-refractivity contribution in [1.29, 1.82) is 0 Å². The Morgan fingerprint density at radius 2 is 1.50 bits per heavy atom. The van der Waals surface area contributed by atoms with E-state index in [2.05, 4.69) is 5.32 Å². The summed E-state index contributed by atoms with van der Waals surface area (Å²) in [6.45, 7) is 0.639. The van der Waals surface area contributed by atoms with Crippen LogP contribution in [0.1, 0.15) is 17.0 Å². The van der Waals surface area contributed by atoms with Gasteiger partial charge < -0.3 is 24.3 Å². The van der Waals surface area contributed by atoms with Crippen LogP contribution in [0, 0.1) is 0 Å². The van der Waals surface area contributed by atoms with Gasteiger partial charge in [0, 0.05) is 29.1 Å². The minimum absolute atomic E-state index is 0.539. The average molecular weight is 506 g/mol. The van der Waals surface area contributed by atoms with Gasteiger partial charge in [0.2, 0.25) is 0 Å². The minimum Gasteiger partial charge on any atom is -0.497 e. The van der Waals surface area contributed by atoms with Crippen molar-refractivity contribution in [3.63, 3.8) is 0 Å². The Kier molecular flexibility index (Phi) is 8.13. The Bertz CT molecular complexity index is 1370. The predicted molar refractivity (Wildman–Crippen MR) is 145 cm³/mol. The molecule has 7 nitrogen and oxygen atoms in total. The number of fused-ring (bicyclic) bond motifs is 1. The monoisotopic (exact) mass is 505 g/mol. The van der Waals surface area contributed by atoms with Crippen LogP contribution in [0.5, 0.6) is 23.0 Å². The molecule has 0 radical (unpaired) electrons. The lowest BCUT2D eigenvalue weighted by molar-refractivity contribution is 0.356. The first-order valence-electron chi connectivity index (χ1n) is 11.4. The molecular weight excluding hydrogens is 478 g/mol. The summed E-state index contributed by atoms with van der Waals surface area (Å²) in [6, 6.07) is 17.2. The summed E-state index contributed by atoms with van der Waals surface area (Å²) in [4.78, 5) is 9.53. The molecule has 0 saturated heterocycles. The Morgan fingerprint density at radius 3 is 2.17 bits per heavy atom. The lowest BCUT2D eigenvalue weighted by Gasteiger charge is -2.13. The third-order valence-electron chi connectivity index (χ3n) is 5.66. The van der Waals surface area contributed by atoms with E-state index in [0.717, 1.165) is 33.5 Å². The molecule has 3 aromatic carbocycles. The molecular formula is C28H28ClN3O4. The largest absolute Gasteiger partial charge is 0.497 e. The first-order valence-corrected chi connectivity index (χ1v) is 11.7. The molecule has 186 valence electrons. The maximum atomic E-state index is 6.33. The van der Waals surface area contributed by atoms with E-state index in [0.29, 0.717) is 41.2 Å². The van der Waals surface area contributed by atoms with Crippen molar-refractivity contribution < 1.29 is 18.9 Å². The van der Waals surface area contributed by atoms with Gasteiger partial charge in [0.25, 0.3) is 0 Å². The van der Waals surface area contributed by atoms with Gasteiger partial charge in [0.15, 0.2) is 17.3 Å². The summed E-state index contributed by atoms with van der Waals surface area (Å²) in [5.41, 5.74) is 2.69. The number of ether oxygens (including phenoxy) is 4. The number of rotatable bonds is 10. The van der Waals surface area contributed by atoms with Crippen molar-refractivity contribution in [3.05, 3.63) is 76.6 Å². The minimum atomic E-state index is 0.539. The van der Waals surface area contributed by atoms with Crippen molar-refractivity contribution in [3.8, 4) is 23.0 Å². The fourth-order valence-corrected chi connectivity index (χ4v) is 4.03. The molecule has 0 amide bonds. The quantitative estimate of drug-likeness (QED) is 0.277. The maximum absolute atomic E-state index is 6.33. The molecule has 0 aliphatic heterocycles. The van der Waals surface area contributed by atoms with Gasteiger partial charge in [-0.1, -0.05) is 35.9 Å². The Labute approximate surface area is 215 Å². The molecule has 36 heavy (non-hydrogen) atoms. The molecule has 4 aromatic rings. The Morgan fingerprint density at radius 1 is 0.806 bits per heavy atom. The fourth-order valence-electron chi connectivity index (χ4n) is 3.80. The molecule has 0 bridgehead atoms. The molecule has 0 saturated carbocycles. The van der Waals surface area contributed by atoms with Gasteiger partial charge in [0.1, 0.15) is 17.3 Å². The molecule has 1 N–H and O–H groups in total. The second kappa shape index (κ2) is 11.6. The zero-order valence-electron chi connectivity index (χ0n) is 20.7. The van der Waals surface area contributed by atoms with Crippen molar-refractivity contribution in [2.45, 2.75) is 6.42 Å². The third kappa shape index (κ3) is 5.80. The highest BCUT2D eigenvalue weighted by Gasteiger charge is 2.13. The molecule has 0 spiro atoms. The van der Waals surface area contributed by atoms with E-state index in [1.807, 2.05) is 66.7 Å². The number of halogens is 1. The van der Waals surface area contributed by atoms with Crippen LogP contribution in [0.4, 0.5) is 5.82 Å². The summed E-state index contributed by atoms with van der Waals surface area (Å²) in [6.07, 6.45) is 4.51. The lowest BCUT2D eigenvalue weighted by Crippen LogP contribution is -2.08. The van der Waals surface area contributed by atoms with Crippen LogP contribution in [0.3, 0.4) is 0 Å². The Hall–Kier alpha value is -3.97. The maximum Gasteiger partial charge on any atom is 0.162 e. The number of aromatic nitrogens is 2. The molecule has 8 heteroatoms. The van der Waals surface area contributed by atoms with Crippen LogP contribution in [0.2, 0.25) is 5.02 Å². The normalized spacial score (nSPS) is 11.0. The van der Waals surface area contributed by atoms with Gasteiger partial charge >= 0.3 is 0 Å². The molecule has 0 unspecified atom stereocenters. The summed E-state index contributed by atoms with van der Waals surface area (Å²) < 4.78 is 21.7. The molecule has 0 fully saturated rings. The van der Waals surface area contributed by atoms with Crippen LogP contribution < -0.4 is 24.3 Å². The summed E-state index contributed by atoms with van der Waals surface area (Å²) in [5.74, 6) is 3.83. The van der Waals surface area contributed by atoms with Crippen LogP contribution in [-0.2, 0) is 6.42 Å². The van der Waals surface area contributed by atoms with Gasteiger partial charge in [-0.3, -0.25) is 0 Å². The van der Waals surface area contributed by atoms with Gasteiger partial charge in [-0.05, 0) is 47.9 Å². The number of hydrogen-bond donors (Lipinski definition) is 1. The van der Waals surface area contributed by atoms with Crippen molar-refractivity contribution in [1.82, 2.24) is 9.97 Å². The molecule has 0 aliphatic rings. The van der Waals surface area contributed by atoms with Crippen LogP contribution >= 0.6 is 11.6 Å². The molecule has 1 aromatic heterocycles. The van der Waals surface area contributed by atoms with Crippen LogP contribution in [-0.4, -0.2) is 45.0 Å². The van der Waals surface area contributed by atoms with E-state index in [-0.39, 0.29) is 0 Å². The predicted octanol–water partition coefficient (Wildman–Crippen LogP) is 6.14. The molecule has 1 heterocycles. The third-order valence-corrected chi connectivity index (χ3v) is 6.03. The fraction of sp³-hybridized carbons (Fsp3) is 0.214. The van der Waals surface area contributed by atoms with Gasteiger partial charge in [-0.15, -0.1) is 0 Å². The first-order chi connectivity index (χ1) is 17.5. The zero-order valence-corrected chi connectivity index (χ0v) is 21.4. The van der Waals surface area contributed by atoms with E-state index in [4.69, 9.17) is 40.5 Å². The summed E-state index contributed by atoms with van der Waals surface area (Å²) >= 11 is 6.33. The Balaban J connectivity index is 1.70. The molecule has 0 aliphatic carbocycles. The van der Waals surface area contributed by atoms with Crippen molar-refractivity contribution in [2.24, 2.45) is 0 Å². The smallest absolute Gasteiger partial charge is 0.162 e. The highest BCUT2D eigenvalue weighted by Crippen LogP contribution is 2.34. The zero-order chi connectivity index (χ0) is 25.5. The molecule has 4 rings (SSSR count). The molecule has 0 atom stereocenters. The summed E-state index contributed by atoms with van der Waals surface area (Å²) in [7, 11) is 6.45. The van der Waals surface area contributed by atoms with Gasteiger partial charge in [-0.2, -0.15) is 0 Å². The number of anilines is 1. The van der Waals surface area contributed by atoms with E-state index < -0.39 is 0 Å². The van der Waals surface area contributed by atoms with E-state index in [1.165, 1.54) is 0 Å². The standard InChI is InChI=1S/C28H28ClN3O4/c1-33-20-13-18(14-21(15-20)34-2)9-10-27-31-24-17-26(36-4)25(35-3)16-22(24)28(32-27)30-12-11-19-7-5-6-8-23(19)29/h5-10,13-17H,11-12H2,1-4H3,(H,30,31,32)/b10-9+. The SMILES string of the molecule is COc1cc(/C=C/c2nc(NCCc3ccccc3Cl)c3cc(OC)c(OC)cc3n2)cc(OC)c1. The van der Waals surface area contributed by atoms with Gasteiger partial charge in [0.05, 0.1) is 34.0 Å². The lowest BCUT2D eigenvalue weighted by atomic mass is 10.1. The number of hydrogen-bond acceptors (Lipinski definition) is 7. The number of methoxy groups -OCH3 is 4. The first kappa shape index (κ1) is 25.1. The van der Waals surface area contributed by atoms with E-state index >= 15 is 0 Å². The highest BCUT2D eigenvalue weighted by molar-refractivity contribution is 6.31. The van der Waals surface area contributed by atoms with Crippen LogP contribution in [0.15, 0.2) is 54.6 Å². The number of nitrogens with zero attached hydrogens (tertiary/aromatic N) is 2. The van der Waals surface area contributed by atoms with Crippen molar-refractivity contribution >= 4 is 40.5 Å². The summed E-state index contributed by atoms with van der Waals surface area (Å²) in [5, 5.41) is 5.02. The van der Waals surface area contributed by atoms with Crippen LogP contribution in [0.25, 0.3) is 23.1 Å². The van der Waals surface area contributed by atoms with Crippen molar-refractivity contribution in [2.75, 3.05) is 40.3 Å². The van der Waals surface area contributed by atoms with E-state index in [9.17, 15) is 0 Å². The average Bonchev–Trinajstić information content (AvgIpc) is 2.91.